The van der Waals surface area contributed by atoms with Gasteiger partial charge in [0.1, 0.15) is 0 Å². The summed E-state index contributed by atoms with van der Waals surface area (Å²) in [5.74, 6) is -0.845. The van der Waals surface area contributed by atoms with Crippen LogP contribution in [0, 0.1) is 0 Å². The summed E-state index contributed by atoms with van der Waals surface area (Å²) in [6.07, 6.45) is 11.0. The van der Waals surface area contributed by atoms with Crippen molar-refractivity contribution in [1.82, 2.24) is 0 Å². The van der Waals surface area contributed by atoms with E-state index in [4.69, 9.17) is 5.11 Å². The average Bonchev–Trinajstić information content (AvgIpc) is 2.31. The SMILES string of the molecule is CCCCC/C=C/C=C(C)/C(C)=C(\C)C(=O)O. The summed E-state index contributed by atoms with van der Waals surface area (Å²) in [5, 5.41) is 8.87. The number of unbranched alkanes of at least 4 members (excludes halogenated alkanes) is 3. The van der Waals surface area contributed by atoms with Crippen molar-refractivity contribution in [2.24, 2.45) is 0 Å². The van der Waals surface area contributed by atoms with Crippen LogP contribution in [0.4, 0.5) is 0 Å². The number of hydrogen-bond donors (Lipinski definition) is 1. The minimum absolute atomic E-state index is 0.415. The number of rotatable bonds is 7. The highest BCUT2D eigenvalue weighted by Crippen LogP contribution is 2.14. The third-order valence-corrected chi connectivity index (χ3v) is 2.93. The molecular formula is C15H24O2. The Labute approximate surface area is 105 Å². The Kier molecular flexibility index (Phi) is 8.12. The molecule has 0 fully saturated rings. The van der Waals surface area contributed by atoms with E-state index in [9.17, 15) is 4.79 Å². The van der Waals surface area contributed by atoms with Gasteiger partial charge in [-0.25, -0.2) is 4.79 Å². The van der Waals surface area contributed by atoms with Gasteiger partial charge in [-0.2, -0.15) is 0 Å². The van der Waals surface area contributed by atoms with Gasteiger partial charge in [-0.15, -0.1) is 0 Å². The number of carboxylic acids is 1. The molecule has 2 heteroatoms. The van der Waals surface area contributed by atoms with Gasteiger partial charge in [-0.3, -0.25) is 0 Å². The molecule has 0 unspecified atom stereocenters. The Morgan fingerprint density at radius 1 is 1.12 bits per heavy atom. The summed E-state index contributed by atoms with van der Waals surface area (Å²) >= 11 is 0. The summed E-state index contributed by atoms with van der Waals surface area (Å²) in [7, 11) is 0. The maximum Gasteiger partial charge on any atom is 0.331 e. The van der Waals surface area contributed by atoms with E-state index in [0.29, 0.717) is 5.57 Å². The van der Waals surface area contributed by atoms with Crippen LogP contribution in [0.2, 0.25) is 0 Å². The number of hydrogen-bond acceptors (Lipinski definition) is 1. The van der Waals surface area contributed by atoms with Crippen molar-refractivity contribution < 1.29 is 9.90 Å². The highest BCUT2D eigenvalue weighted by atomic mass is 16.4. The zero-order valence-electron chi connectivity index (χ0n) is 11.4. The van der Waals surface area contributed by atoms with Gasteiger partial charge in [0.25, 0.3) is 0 Å². The molecule has 2 nitrogen and oxygen atoms in total. The molecular weight excluding hydrogens is 212 g/mol. The number of carboxylic acid groups (broad SMARTS) is 1. The van der Waals surface area contributed by atoms with Gasteiger partial charge in [0.05, 0.1) is 0 Å². The molecule has 1 N–H and O–H groups in total. The average molecular weight is 236 g/mol. The van der Waals surface area contributed by atoms with Gasteiger partial charge in [-0.05, 0) is 44.8 Å². The van der Waals surface area contributed by atoms with Crippen molar-refractivity contribution in [2.75, 3.05) is 0 Å². The van der Waals surface area contributed by atoms with Crippen molar-refractivity contribution >= 4 is 5.97 Å². The lowest BCUT2D eigenvalue weighted by atomic mass is 10.0. The van der Waals surface area contributed by atoms with Crippen molar-refractivity contribution in [3.63, 3.8) is 0 Å². The maximum absolute atomic E-state index is 10.8. The van der Waals surface area contributed by atoms with Crippen LogP contribution in [0.5, 0.6) is 0 Å². The molecule has 0 heterocycles. The molecule has 0 atom stereocenters. The van der Waals surface area contributed by atoms with E-state index >= 15 is 0 Å². The van der Waals surface area contributed by atoms with Crippen LogP contribution in [0.25, 0.3) is 0 Å². The molecule has 0 aliphatic carbocycles. The van der Waals surface area contributed by atoms with Crippen LogP contribution >= 0.6 is 0 Å². The van der Waals surface area contributed by atoms with Crippen molar-refractivity contribution in [2.45, 2.75) is 53.4 Å². The summed E-state index contributed by atoms with van der Waals surface area (Å²) < 4.78 is 0. The summed E-state index contributed by atoms with van der Waals surface area (Å²) in [5.41, 5.74) is 2.27. The Bertz CT molecular complexity index is 333. The second-order valence-electron chi connectivity index (χ2n) is 4.33. The van der Waals surface area contributed by atoms with Crippen molar-refractivity contribution in [3.8, 4) is 0 Å². The van der Waals surface area contributed by atoms with Crippen LogP contribution in [-0.2, 0) is 4.79 Å². The predicted octanol–water partition coefficient (Wildman–Crippen LogP) is 4.49. The Morgan fingerprint density at radius 3 is 2.29 bits per heavy atom. The third kappa shape index (κ3) is 6.77. The van der Waals surface area contributed by atoms with Crippen LogP contribution in [0.1, 0.15) is 53.4 Å². The fourth-order valence-electron chi connectivity index (χ4n) is 1.40. The molecule has 0 saturated heterocycles. The third-order valence-electron chi connectivity index (χ3n) is 2.93. The van der Waals surface area contributed by atoms with Gasteiger partial charge in [0, 0.05) is 5.57 Å². The number of carbonyl (C=O) groups is 1. The summed E-state index contributed by atoms with van der Waals surface area (Å²) in [6.45, 7) is 7.62. The minimum Gasteiger partial charge on any atom is -0.478 e. The van der Waals surface area contributed by atoms with Gasteiger partial charge in [0.15, 0.2) is 0 Å². The first-order valence-corrected chi connectivity index (χ1v) is 6.25. The Hall–Kier alpha value is -1.31. The Morgan fingerprint density at radius 2 is 1.76 bits per heavy atom. The molecule has 0 spiro atoms. The van der Waals surface area contributed by atoms with E-state index in [2.05, 4.69) is 13.0 Å². The van der Waals surface area contributed by atoms with Gasteiger partial charge < -0.3 is 5.11 Å². The van der Waals surface area contributed by atoms with E-state index in [-0.39, 0.29) is 0 Å². The highest BCUT2D eigenvalue weighted by molar-refractivity contribution is 5.87. The largest absolute Gasteiger partial charge is 0.478 e. The molecule has 0 saturated carbocycles. The van der Waals surface area contributed by atoms with E-state index in [1.807, 2.05) is 26.0 Å². The zero-order valence-corrected chi connectivity index (χ0v) is 11.4. The maximum atomic E-state index is 10.8. The molecule has 0 aromatic heterocycles. The fraction of sp³-hybridized carbons (Fsp3) is 0.533. The Balaban J connectivity index is 4.35. The number of allylic oxidation sites excluding steroid dienone is 5. The molecule has 0 radical (unpaired) electrons. The molecule has 0 amide bonds. The van der Waals surface area contributed by atoms with Crippen LogP contribution in [0.3, 0.4) is 0 Å². The van der Waals surface area contributed by atoms with Crippen molar-refractivity contribution in [1.29, 1.82) is 0 Å². The van der Waals surface area contributed by atoms with Crippen LogP contribution in [-0.4, -0.2) is 11.1 Å². The van der Waals surface area contributed by atoms with E-state index in [1.165, 1.54) is 19.3 Å². The van der Waals surface area contributed by atoms with Crippen LogP contribution < -0.4 is 0 Å². The highest BCUT2D eigenvalue weighted by Gasteiger charge is 2.05. The number of aliphatic carboxylic acids is 1. The predicted molar refractivity (Wildman–Crippen MR) is 73.0 cm³/mol. The molecule has 0 aliphatic rings. The normalized spacial score (nSPS) is 14.0. The monoisotopic (exact) mass is 236 g/mol. The standard InChI is InChI=1S/C15H24O2/c1-5-6-7-8-9-10-11-12(2)13(3)14(4)15(16)17/h9-11H,5-8H2,1-4H3,(H,16,17)/b10-9+,12-11+,14-13+. The first-order valence-electron chi connectivity index (χ1n) is 6.25. The lowest BCUT2D eigenvalue weighted by Crippen LogP contribution is -2.00. The molecule has 0 aromatic rings. The minimum atomic E-state index is -0.845. The first-order chi connectivity index (χ1) is 8.00. The molecule has 0 aliphatic heterocycles. The summed E-state index contributed by atoms with van der Waals surface area (Å²) in [4.78, 5) is 10.8. The molecule has 0 aromatic carbocycles. The molecule has 96 valence electrons. The van der Waals surface area contributed by atoms with Gasteiger partial charge in [-0.1, -0.05) is 38.0 Å². The van der Waals surface area contributed by atoms with E-state index < -0.39 is 5.97 Å². The first kappa shape index (κ1) is 15.7. The van der Waals surface area contributed by atoms with Gasteiger partial charge >= 0.3 is 5.97 Å². The summed E-state index contributed by atoms with van der Waals surface area (Å²) in [6, 6.07) is 0. The molecule has 0 rings (SSSR count). The lowest BCUT2D eigenvalue weighted by Gasteiger charge is -2.03. The molecule has 17 heavy (non-hydrogen) atoms. The second-order valence-corrected chi connectivity index (χ2v) is 4.33. The smallest absolute Gasteiger partial charge is 0.331 e. The van der Waals surface area contributed by atoms with Crippen molar-refractivity contribution in [3.05, 3.63) is 34.9 Å². The van der Waals surface area contributed by atoms with Gasteiger partial charge in [0.2, 0.25) is 0 Å². The fourth-order valence-corrected chi connectivity index (χ4v) is 1.40. The quantitative estimate of drug-likeness (QED) is 0.402. The molecule has 0 bridgehead atoms. The lowest BCUT2D eigenvalue weighted by molar-refractivity contribution is -0.132. The zero-order chi connectivity index (χ0) is 13.3. The van der Waals surface area contributed by atoms with Crippen LogP contribution in [0.15, 0.2) is 34.9 Å². The topological polar surface area (TPSA) is 37.3 Å². The second kappa shape index (κ2) is 8.80. The van der Waals surface area contributed by atoms with E-state index in [1.54, 1.807) is 6.92 Å². The van der Waals surface area contributed by atoms with E-state index in [0.717, 1.165) is 17.6 Å².